The Kier molecular flexibility index (Phi) is 5.86. The number of rotatable bonds is 6. The first-order chi connectivity index (χ1) is 11.6. The van der Waals surface area contributed by atoms with E-state index in [-0.39, 0.29) is 17.7 Å². The zero-order chi connectivity index (χ0) is 16.9. The molecule has 0 radical (unpaired) electrons. The maximum absolute atomic E-state index is 12.8. The van der Waals surface area contributed by atoms with Gasteiger partial charge < -0.3 is 19.3 Å². The van der Waals surface area contributed by atoms with Crippen molar-refractivity contribution < 1.29 is 14.3 Å². The van der Waals surface area contributed by atoms with Gasteiger partial charge in [-0.15, -0.1) is 0 Å². The van der Waals surface area contributed by atoms with Crippen LogP contribution < -0.4 is 0 Å². The van der Waals surface area contributed by atoms with Gasteiger partial charge in [0.1, 0.15) is 0 Å². The van der Waals surface area contributed by atoms with Crippen LogP contribution in [0.4, 0.5) is 0 Å². The van der Waals surface area contributed by atoms with Crippen molar-refractivity contribution in [2.45, 2.75) is 19.5 Å². The van der Waals surface area contributed by atoms with Gasteiger partial charge >= 0.3 is 0 Å². The second-order valence-corrected chi connectivity index (χ2v) is 7.03. The van der Waals surface area contributed by atoms with Crippen molar-refractivity contribution in [1.82, 2.24) is 19.6 Å². The van der Waals surface area contributed by atoms with Crippen molar-refractivity contribution in [3.05, 3.63) is 18.0 Å². The van der Waals surface area contributed by atoms with E-state index in [4.69, 9.17) is 9.47 Å². The molecule has 2 aliphatic rings. The monoisotopic (exact) mass is 336 g/mol. The van der Waals surface area contributed by atoms with Crippen molar-refractivity contribution in [2.75, 3.05) is 53.6 Å². The highest BCUT2D eigenvalue weighted by Gasteiger charge is 2.32. The van der Waals surface area contributed by atoms with Crippen LogP contribution in [0.25, 0.3) is 0 Å². The van der Waals surface area contributed by atoms with E-state index in [1.54, 1.807) is 0 Å². The van der Waals surface area contributed by atoms with Gasteiger partial charge in [0.2, 0.25) is 5.91 Å². The average Bonchev–Trinajstić information content (AvgIpc) is 3.19. The van der Waals surface area contributed by atoms with Gasteiger partial charge in [-0.1, -0.05) is 0 Å². The van der Waals surface area contributed by atoms with Crippen molar-refractivity contribution in [1.29, 1.82) is 0 Å². The highest BCUT2D eigenvalue weighted by molar-refractivity contribution is 5.79. The first-order valence-corrected chi connectivity index (χ1v) is 8.73. The van der Waals surface area contributed by atoms with Gasteiger partial charge in [-0.25, -0.2) is 0 Å². The van der Waals surface area contributed by atoms with E-state index in [2.05, 4.69) is 10.00 Å². The van der Waals surface area contributed by atoms with Crippen LogP contribution >= 0.6 is 0 Å². The van der Waals surface area contributed by atoms with Crippen LogP contribution in [0, 0.1) is 11.8 Å². The fourth-order valence-corrected chi connectivity index (χ4v) is 3.29. The lowest BCUT2D eigenvalue weighted by Crippen LogP contribution is -2.39. The van der Waals surface area contributed by atoms with E-state index in [1.807, 2.05) is 35.9 Å². The van der Waals surface area contributed by atoms with Crippen LogP contribution in [-0.4, -0.2) is 79.1 Å². The molecule has 0 aliphatic carbocycles. The van der Waals surface area contributed by atoms with Gasteiger partial charge in [0.25, 0.3) is 0 Å². The molecule has 7 heteroatoms. The Labute approximate surface area is 143 Å². The Morgan fingerprint density at radius 1 is 1.46 bits per heavy atom. The van der Waals surface area contributed by atoms with Crippen molar-refractivity contribution >= 4 is 5.91 Å². The number of ether oxygens (including phenoxy) is 2. The highest BCUT2D eigenvalue weighted by Crippen LogP contribution is 2.21. The second kappa shape index (κ2) is 8.09. The number of hydrogen-bond donors (Lipinski definition) is 0. The topological polar surface area (TPSA) is 59.8 Å². The van der Waals surface area contributed by atoms with Crippen molar-refractivity contribution in [2.24, 2.45) is 11.8 Å². The SMILES string of the molecule is CN(C)CCOC[C@H]1CN(C(=O)[C@H]2CCOC2)Cc2ccnn2C1. The number of nitrogens with zero attached hydrogens (tertiary/aromatic N) is 4. The van der Waals surface area contributed by atoms with Crippen LogP contribution in [-0.2, 0) is 27.4 Å². The summed E-state index contributed by atoms with van der Waals surface area (Å²) in [5, 5.41) is 4.40. The molecule has 0 aromatic carbocycles. The van der Waals surface area contributed by atoms with Crippen molar-refractivity contribution in [3.8, 4) is 0 Å². The predicted octanol–water partition coefficient (Wildman–Crippen LogP) is 0.456. The van der Waals surface area contributed by atoms with Crippen LogP contribution in [0.2, 0.25) is 0 Å². The molecule has 0 bridgehead atoms. The molecule has 1 fully saturated rings. The number of hydrogen-bond acceptors (Lipinski definition) is 5. The van der Waals surface area contributed by atoms with E-state index in [0.717, 1.165) is 31.7 Å². The summed E-state index contributed by atoms with van der Waals surface area (Å²) in [6.07, 6.45) is 2.64. The van der Waals surface area contributed by atoms with Gasteiger partial charge in [-0.3, -0.25) is 9.48 Å². The lowest BCUT2D eigenvalue weighted by Gasteiger charge is -2.26. The molecule has 0 spiro atoms. The quantitative estimate of drug-likeness (QED) is 0.706. The summed E-state index contributed by atoms with van der Waals surface area (Å²) in [5.74, 6) is 0.481. The van der Waals surface area contributed by atoms with Crippen LogP contribution in [0.3, 0.4) is 0 Å². The first-order valence-electron chi connectivity index (χ1n) is 8.73. The minimum absolute atomic E-state index is 0.00906. The number of carbonyl (C=O) groups is 1. The third-order valence-corrected chi connectivity index (χ3v) is 4.69. The highest BCUT2D eigenvalue weighted by atomic mass is 16.5. The molecule has 7 nitrogen and oxygen atoms in total. The number of likely N-dealkylation sites (N-methyl/N-ethyl adjacent to an activating group) is 1. The summed E-state index contributed by atoms with van der Waals surface area (Å²) in [7, 11) is 4.07. The molecule has 24 heavy (non-hydrogen) atoms. The van der Waals surface area contributed by atoms with E-state index in [9.17, 15) is 4.79 Å². The number of carbonyl (C=O) groups excluding carboxylic acids is 1. The van der Waals surface area contributed by atoms with Gasteiger partial charge in [-0.05, 0) is 26.6 Å². The summed E-state index contributed by atoms with van der Waals surface area (Å²) in [6.45, 7) is 5.66. The normalized spacial score (nSPS) is 24.2. The molecule has 3 rings (SSSR count). The third-order valence-electron chi connectivity index (χ3n) is 4.69. The smallest absolute Gasteiger partial charge is 0.228 e. The Hall–Kier alpha value is -1.44. The number of aromatic nitrogens is 2. The molecule has 1 amide bonds. The molecular weight excluding hydrogens is 308 g/mol. The summed E-state index contributed by atoms with van der Waals surface area (Å²) < 4.78 is 13.2. The lowest BCUT2D eigenvalue weighted by molar-refractivity contribution is -0.137. The van der Waals surface area contributed by atoms with E-state index in [0.29, 0.717) is 33.0 Å². The number of amides is 1. The first kappa shape index (κ1) is 17.4. The Bertz CT molecular complexity index is 540. The molecule has 0 unspecified atom stereocenters. The molecule has 1 aromatic rings. The van der Waals surface area contributed by atoms with Gasteiger partial charge in [0, 0.05) is 38.4 Å². The Morgan fingerprint density at radius 3 is 3.08 bits per heavy atom. The molecular formula is C17H28N4O3. The predicted molar refractivity (Wildman–Crippen MR) is 89.4 cm³/mol. The van der Waals surface area contributed by atoms with E-state index >= 15 is 0 Å². The summed E-state index contributed by atoms with van der Waals surface area (Å²) >= 11 is 0. The standard InChI is InChI=1S/C17H28N4O3/c1-19(2)6-8-24-12-14-9-20(17(22)15-4-7-23-13-15)11-16-3-5-18-21(16)10-14/h3,5,14-15H,4,6-13H2,1-2H3/t14-,15-/m0/s1. The Morgan fingerprint density at radius 2 is 2.33 bits per heavy atom. The minimum atomic E-state index is 0.00906. The minimum Gasteiger partial charge on any atom is -0.381 e. The van der Waals surface area contributed by atoms with Gasteiger partial charge in [-0.2, -0.15) is 5.10 Å². The summed E-state index contributed by atoms with van der Waals surface area (Å²) in [4.78, 5) is 16.9. The van der Waals surface area contributed by atoms with Crippen LogP contribution in [0.15, 0.2) is 12.3 Å². The summed E-state index contributed by atoms with van der Waals surface area (Å²) in [5.41, 5.74) is 1.10. The molecule has 3 heterocycles. The largest absolute Gasteiger partial charge is 0.381 e. The maximum atomic E-state index is 12.8. The fourth-order valence-electron chi connectivity index (χ4n) is 3.29. The zero-order valence-electron chi connectivity index (χ0n) is 14.7. The summed E-state index contributed by atoms with van der Waals surface area (Å²) in [6, 6.07) is 2.00. The number of fused-ring (bicyclic) bond motifs is 1. The molecule has 134 valence electrons. The maximum Gasteiger partial charge on any atom is 0.228 e. The van der Waals surface area contributed by atoms with E-state index < -0.39 is 0 Å². The van der Waals surface area contributed by atoms with Crippen LogP contribution in [0.5, 0.6) is 0 Å². The average molecular weight is 336 g/mol. The molecule has 1 saturated heterocycles. The second-order valence-electron chi connectivity index (χ2n) is 7.03. The van der Waals surface area contributed by atoms with Gasteiger partial charge in [0.15, 0.2) is 0 Å². The molecule has 2 atom stereocenters. The molecule has 0 N–H and O–H groups in total. The Balaban J connectivity index is 1.63. The molecule has 1 aromatic heterocycles. The van der Waals surface area contributed by atoms with Crippen LogP contribution in [0.1, 0.15) is 12.1 Å². The molecule has 0 saturated carbocycles. The molecule has 2 aliphatic heterocycles. The lowest BCUT2D eigenvalue weighted by atomic mass is 10.1. The third kappa shape index (κ3) is 4.34. The zero-order valence-corrected chi connectivity index (χ0v) is 14.7. The van der Waals surface area contributed by atoms with E-state index in [1.165, 1.54) is 0 Å². The van der Waals surface area contributed by atoms with Crippen molar-refractivity contribution in [3.63, 3.8) is 0 Å². The van der Waals surface area contributed by atoms with Gasteiger partial charge in [0.05, 0.1) is 38.0 Å². The fraction of sp³-hybridized carbons (Fsp3) is 0.765.